The van der Waals surface area contributed by atoms with Gasteiger partial charge >= 0.3 is 0 Å². The van der Waals surface area contributed by atoms with Gasteiger partial charge in [-0.15, -0.1) is 0 Å². The van der Waals surface area contributed by atoms with Crippen molar-refractivity contribution in [2.75, 3.05) is 19.6 Å². The second-order valence-electron chi connectivity index (χ2n) is 7.08. The maximum Gasteiger partial charge on any atom is 0.253 e. The van der Waals surface area contributed by atoms with Crippen LogP contribution < -0.4 is 10.0 Å². The molecule has 1 aliphatic heterocycles. The largest absolute Gasteiger partial charge is 0.352 e. The highest BCUT2D eigenvalue weighted by Crippen LogP contribution is 2.15. The number of nitrogens with one attached hydrogen (secondary N) is 2. The predicted molar refractivity (Wildman–Crippen MR) is 115 cm³/mol. The van der Waals surface area contributed by atoms with Crippen molar-refractivity contribution in [2.45, 2.75) is 30.7 Å². The van der Waals surface area contributed by atoms with Crippen molar-refractivity contribution in [3.05, 3.63) is 64.7 Å². The van der Waals surface area contributed by atoms with E-state index in [-0.39, 0.29) is 29.7 Å². The quantitative estimate of drug-likeness (QED) is 0.647. The first-order valence-electron chi connectivity index (χ1n) is 9.75. The zero-order chi connectivity index (χ0) is 21.6. The molecular formula is C21H24ClN3O4S. The molecule has 1 heterocycles. The molecule has 2 aromatic carbocycles. The van der Waals surface area contributed by atoms with E-state index in [1.54, 1.807) is 24.3 Å². The number of benzene rings is 2. The molecule has 0 unspecified atom stereocenters. The van der Waals surface area contributed by atoms with Crippen LogP contribution in [0.2, 0.25) is 5.02 Å². The Balaban J connectivity index is 1.43. The van der Waals surface area contributed by atoms with Crippen LogP contribution in [0.3, 0.4) is 0 Å². The van der Waals surface area contributed by atoms with Crippen LogP contribution >= 0.6 is 11.6 Å². The minimum Gasteiger partial charge on any atom is -0.352 e. The van der Waals surface area contributed by atoms with Gasteiger partial charge in [-0.1, -0.05) is 29.8 Å². The molecule has 9 heteroatoms. The topological polar surface area (TPSA) is 95.6 Å². The average Bonchev–Trinajstić information content (AvgIpc) is 3.27. The average molecular weight is 450 g/mol. The molecule has 2 amide bonds. The molecule has 2 aromatic rings. The maximum atomic E-state index is 12.3. The number of rotatable bonds is 8. The van der Waals surface area contributed by atoms with E-state index in [0.717, 1.165) is 31.5 Å². The van der Waals surface area contributed by atoms with E-state index in [1.807, 2.05) is 17.0 Å². The summed E-state index contributed by atoms with van der Waals surface area (Å²) in [5.41, 5.74) is 1.50. The van der Waals surface area contributed by atoms with Crippen molar-refractivity contribution < 1.29 is 18.0 Å². The zero-order valence-corrected chi connectivity index (χ0v) is 18.0. The highest BCUT2D eigenvalue weighted by Gasteiger charge is 2.19. The molecule has 160 valence electrons. The van der Waals surface area contributed by atoms with E-state index >= 15 is 0 Å². The summed E-state index contributed by atoms with van der Waals surface area (Å²) in [6.45, 7) is 1.89. The van der Waals surface area contributed by atoms with Gasteiger partial charge in [-0.2, -0.15) is 0 Å². The number of nitrogens with zero attached hydrogens (tertiary/aromatic N) is 1. The minimum atomic E-state index is -3.72. The molecule has 0 aromatic heterocycles. The van der Waals surface area contributed by atoms with Crippen molar-refractivity contribution in [3.8, 4) is 0 Å². The molecule has 0 aliphatic carbocycles. The highest BCUT2D eigenvalue weighted by atomic mass is 35.5. The Morgan fingerprint density at radius 1 is 1.03 bits per heavy atom. The molecule has 1 aliphatic rings. The van der Waals surface area contributed by atoms with Crippen molar-refractivity contribution >= 4 is 33.4 Å². The number of carbonyl (C=O) groups is 2. The van der Waals surface area contributed by atoms with Crippen LogP contribution in [0.15, 0.2) is 53.4 Å². The van der Waals surface area contributed by atoms with Crippen LogP contribution in [0.4, 0.5) is 0 Å². The van der Waals surface area contributed by atoms with Gasteiger partial charge in [-0.05, 0) is 48.7 Å². The third-order valence-electron chi connectivity index (χ3n) is 4.83. The third-order valence-corrected chi connectivity index (χ3v) is 6.53. The predicted octanol–water partition coefficient (Wildman–Crippen LogP) is 2.56. The SMILES string of the molecule is O=C(CCNS(=O)(=O)c1cccc(Cl)c1)NCc1ccc(C(=O)N2CCCC2)cc1. The minimum absolute atomic E-state index is 0.00528. The van der Waals surface area contributed by atoms with Gasteiger partial charge < -0.3 is 10.2 Å². The molecule has 7 nitrogen and oxygen atoms in total. The molecule has 3 rings (SSSR count). The zero-order valence-electron chi connectivity index (χ0n) is 16.4. The normalized spacial score (nSPS) is 14.0. The van der Waals surface area contributed by atoms with Crippen molar-refractivity contribution in [2.24, 2.45) is 0 Å². The Bertz CT molecular complexity index is 1000. The van der Waals surface area contributed by atoms with Crippen molar-refractivity contribution in [3.63, 3.8) is 0 Å². The van der Waals surface area contributed by atoms with Crippen molar-refractivity contribution in [1.29, 1.82) is 0 Å². The third kappa shape index (κ3) is 6.04. The second kappa shape index (κ2) is 10.1. The van der Waals surface area contributed by atoms with E-state index in [9.17, 15) is 18.0 Å². The number of halogens is 1. The number of likely N-dealkylation sites (tertiary alicyclic amines) is 1. The molecule has 30 heavy (non-hydrogen) atoms. The molecule has 0 saturated carbocycles. The Morgan fingerprint density at radius 3 is 2.40 bits per heavy atom. The summed E-state index contributed by atoms with van der Waals surface area (Å²) in [4.78, 5) is 26.3. The van der Waals surface area contributed by atoms with Crippen LogP contribution in [0.25, 0.3) is 0 Å². The standard InChI is InChI=1S/C21H24ClN3O4S/c22-18-4-3-5-19(14-18)30(28,29)24-11-10-20(26)23-15-16-6-8-17(9-7-16)21(27)25-12-1-2-13-25/h3-9,14,24H,1-2,10-13,15H2,(H,23,26). The fourth-order valence-corrected chi connectivity index (χ4v) is 4.51. The lowest BCUT2D eigenvalue weighted by Crippen LogP contribution is -2.30. The summed E-state index contributed by atoms with van der Waals surface area (Å²) in [6.07, 6.45) is 2.10. The van der Waals surface area contributed by atoms with E-state index in [4.69, 9.17) is 11.6 Å². The number of sulfonamides is 1. The van der Waals surface area contributed by atoms with Gasteiger partial charge in [-0.25, -0.2) is 13.1 Å². The van der Waals surface area contributed by atoms with Crippen LogP contribution in [-0.4, -0.2) is 44.8 Å². The molecule has 0 atom stereocenters. The van der Waals surface area contributed by atoms with Crippen LogP contribution in [-0.2, 0) is 21.4 Å². The fourth-order valence-electron chi connectivity index (χ4n) is 3.17. The molecule has 0 radical (unpaired) electrons. The lowest BCUT2D eigenvalue weighted by Gasteiger charge is -2.15. The number of carbonyl (C=O) groups excluding carboxylic acids is 2. The Morgan fingerprint density at radius 2 is 1.73 bits per heavy atom. The van der Waals surface area contributed by atoms with Crippen LogP contribution in [0.5, 0.6) is 0 Å². The number of amides is 2. The summed E-state index contributed by atoms with van der Waals surface area (Å²) in [6, 6.07) is 13.1. The Hall–Kier alpha value is -2.42. The Labute approximate surface area is 181 Å². The summed E-state index contributed by atoms with van der Waals surface area (Å²) >= 11 is 5.82. The van der Waals surface area contributed by atoms with E-state index in [1.165, 1.54) is 12.1 Å². The molecule has 2 N–H and O–H groups in total. The molecule has 0 bridgehead atoms. The number of hydrogen-bond acceptors (Lipinski definition) is 4. The van der Waals surface area contributed by atoms with E-state index in [0.29, 0.717) is 17.1 Å². The first-order valence-corrected chi connectivity index (χ1v) is 11.6. The van der Waals surface area contributed by atoms with E-state index in [2.05, 4.69) is 10.0 Å². The first kappa shape index (κ1) is 22.3. The fraction of sp³-hybridized carbons (Fsp3) is 0.333. The van der Waals surface area contributed by atoms with Crippen molar-refractivity contribution in [1.82, 2.24) is 14.9 Å². The smallest absolute Gasteiger partial charge is 0.253 e. The molecule has 1 saturated heterocycles. The van der Waals surface area contributed by atoms with Gasteiger partial charge in [0.2, 0.25) is 15.9 Å². The van der Waals surface area contributed by atoms with Gasteiger partial charge in [0.15, 0.2) is 0 Å². The first-order chi connectivity index (χ1) is 14.3. The number of hydrogen-bond donors (Lipinski definition) is 2. The highest BCUT2D eigenvalue weighted by molar-refractivity contribution is 7.89. The maximum absolute atomic E-state index is 12.3. The van der Waals surface area contributed by atoms with Gasteiger partial charge in [0.05, 0.1) is 4.90 Å². The summed E-state index contributed by atoms with van der Waals surface area (Å²) in [7, 11) is -3.72. The van der Waals surface area contributed by atoms with Gasteiger partial charge in [0, 0.05) is 43.2 Å². The summed E-state index contributed by atoms with van der Waals surface area (Å²) in [5.74, 6) is -0.240. The lowest BCUT2D eigenvalue weighted by molar-refractivity contribution is -0.121. The van der Waals surface area contributed by atoms with Gasteiger partial charge in [0.25, 0.3) is 5.91 Å². The Kier molecular flexibility index (Phi) is 7.47. The second-order valence-corrected chi connectivity index (χ2v) is 9.28. The van der Waals surface area contributed by atoms with Crippen LogP contribution in [0.1, 0.15) is 35.2 Å². The van der Waals surface area contributed by atoms with Crippen LogP contribution in [0, 0.1) is 0 Å². The summed E-state index contributed by atoms with van der Waals surface area (Å²) in [5, 5.41) is 3.07. The monoisotopic (exact) mass is 449 g/mol. The molecule has 1 fully saturated rings. The molecular weight excluding hydrogens is 426 g/mol. The van der Waals surface area contributed by atoms with Gasteiger partial charge in [0.1, 0.15) is 0 Å². The summed E-state index contributed by atoms with van der Waals surface area (Å²) < 4.78 is 26.8. The molecule has 0 spiro atoms. The van der Waals surface area contributed by atoms with Gasteiger partial charge in [-0.3, -0.25) is 9.59 Å². The lowest BCUT2D eigenvalue weighted by atomic mass is 10.1. The van der Waals surface area contributed by atoms with E-state index < -0.39 is 10.0 Å².